The van der Waals surface area contributed by atoms with E-state index in [9.17, 15) is 4.39 Å². The first kappa shape index (κ1) is 24.7. The number of nitrogens with zero attached hydrogens (tertiary/aromatic N) is 6. The van der Waals surface area contributed by atoms with Crippen molar-refractivity contribution >= 4 is 11.6 Å². The number of nitrogens with one attached hydrogen (secondary N) is 1. The lowest BCUT2D eigenvalue weighted by molar-refractivity contribution is -0.0381. The Morgan fingerprint density at radius 1 is 1.13 bits per heavy atom. The molecular formula is C27H30FN7O3. The number of pyridine rings is 1. The van der Waals surface area contributed by atoms with Crippen molar-refractivity contribution < 1.29 is 18.6 Å². The van der Waals surface area contributed by atoms with E-state index in [1.165, 1.54) is 6.07 Å². The number of morpholine rings is 1. The van der Waals surface area contributed by atoms with Gasteiger partial charge in [0.15, 0.2) is 11.5 Å². The van der Waals surface area contributed by atoms with Gasteiger partial charge in [-0.05, 0) is 43.2 Å². The van der Waals surface area contributed by atoms with Gasteiger partial charge >= 0.3 is 0 Å². The predicted molar refractivity (Wildman–Crippen MR) is 138 cm³/mol. The van der Waals surface area contributed by atoms with E-state index in [2.05, 4.69) is 25.4 Å². The fraction of sp³-hybridized carbons (Fsp3) is 0.407. The highest BCUT2D eigenvalue weighted by Gasteiger charge is 2.27. The SMILES string of the molecule is COc1cccc(F)c1CN1CCOC(c2nnc3cc(-c4ccnc(NC5CCOCC5)n4)ccn23)C1. The Morgan fingerprint density at radius 3 is 2.89 bits per heavy atom. The van der Waals surface area contributed by atoms with Gasteiger partial charge in [0.1, 0.15) is 17.7 Å². The van der Waals surface area contributed by atoms with Crippen molar-refractivity contribution in [3.8, 4) is 17.0 Å². The van der Waals surface area contributed by atoms with Crippen LogP contribution in [0.4, 0.5) is 10.3 Å². The highest BCUT2D eigenvalue weighted by atomic mass is 19.1. The van der Waals surface area contributed by atoms with Gasteiger partial charge < -0.3 is 19.5 Å². The standard InChI is InChI=1S/C27H30FN7O3/c1-36-23-4-2-3-21(28)20(23)16-34-11-14-38-24(17-34)26-33-32-25-15-18(6-10-35(25)26)22-5-9-29-27(31-22)30-19-7-12-37-13-8-19/h2-6,9-10,15,19,24H,7-8,11-14,16-17H2,1H3,(H,29,30,31). The number of rotatable bonds is 7. The van der Waals surface area contributed by atoms with Crippen LogP contribution in [0, 0.1) is 5.82 Å². The largest absolute Gasteiger partial charge is 0.496 e. The topological polar surface area (TPSA) is 98.9 Å². The average Bonchev–Trinajstić information content (AvgIpc) is 3.38. The van der Waals surface area contributed by atoms with E-state index in [0.717, 1.165) is 37.3 Å². The van der Waals surface area contributed by atoms with Crippen LogP contribution < -0.4 is 10.1 Å². The van der Waals surface area contributed by atoms with Crippen LogP contribution >= 0.6 is 0 Å². The lowest BCUT2D eigenvalue weighted by Crippen LogP contribution is -2.38. The first-order valence-electron chi connectivity index (χ1n) is 12.9. The van der Waals surface area contributed by atoms with E-state index in [-0.39, 0.29) is 11.9 Å². The highest BCUT2D eigenvalue weighted by molar-refractivity contribution is 5.64. The lowest BCUT2D eigenvalue weighted by Gasteiger charge is -2.32. The number of hydrogen-bond donors (Lipinski definition) is 1. The molecule has 0 amide bonds. The van der Waals surface area contributed by atoms with Crippen molar-refractivity contribution in [2.45, 2.75) is 31.5 Å². The van der Waals surface area contributed by atoms with E-state index in [4.69, 9.17) is 19.2 Å². The molecule has 2 aliphatic rings. The smallest absolute Gasteiger partial charge is 0.223 e. The molecule has 0 radical (unpaired) electrons. The Labute approximate surface area is 219 Å². The van der Waals surface area contributed by atoms with Gasteiger partial charge in [-0.15, -0.1) is 10.2 Å². The zero-order valence-electron chi connectivity index (χ0n) is 21.2. The summed E-state index contributed by atoms with van der Waals surface area (Å²) >= 11 is 0. The summed E-state index contributed by atoms with van der Waals surface area (Å²) in [6.07, 6.45) is 5.29. The highest BCUT2D eigenvalue weighted by Crippen LogP contribution is 2.28. The lowest BCUT2D eigenvalue weighted by atomic mass is 10.1. The second-order valence-electron chi connectivity index (χ2n) is 9.51. The minimum atomic E-state index is -0.295. The summed E-state index contributed by atoms with van der Waals surface area (Å²) in [4.78, 5) is 11.3. The third kappa shape index (κ3) is 5.17. The molecule has 1 aromatic carbocycles. The van der Waals surface area contributed by atoms with Crippen LogP contribution in [0.1, 0.15) is 30.3 Å². The van der Waals surface area contributed by atoms with Crippen molar-refractivity contribution in [1.29, 1.82) is 0 Å². The van der Waals surface area contributed by atoms with Gasteiger partial charge in [0.25, 0.3) is 0 Å². The quantitative estimate of drug-likeness (QED) is 0.393. The normalized spacial score (nSPS) is 19.1. The number of fused-ring (bicyclic) bond motifs is 1. The molecule has 198 valence electrons. The Hall–Kier alpha value is -3.67. The molecule has 2 aliphatic heterocycles. The van der Waals surface area contributed by atoms with Gasteiger partial charge in [-0.3, -0.25) is 9.30 Å². The monoisotopic (exact) mass is 519 g/mol. The first-order valence-corrected chi connectivity index (χ1v) is 12.9. The molecule has 3 aromatic heterocycles. The molecule has 1 N–H and O–H groups in total. The minimum Gasteiger partial charge on any atom is -0.496 e. The van der Waals surface area contributed by atoms with Crippen LogP contribution in [0.3, 0.4) is 0 Å². The maximum atomic E-state index is 14.5. The molecule has 1 unspecified atom stereocenters. The third-order valence-corrected chi connectivity index (χ3v) is 7.06. The fourth-order valence-corrected chi connectivity index (χ4v) is 5.01. The van der Waals surface area contributed by atoms with Crippen molar-refractivity contribution in [3.05, 3.63) is 66.0 Å². The van der Waals surface area contributed by atoms with Gasteiger partial charge in [-0.1, -0.05) is 6.07 Å². The molecular weight excluding hydrogens is 489 g/mol. The number of anilines is 1. The zero-order chi connectivity index (χ0) is 25.9. The van der Waals surface area contributed by atoms with E-state index in [0.29, 0.717) is 61.0 Å². The van der Waals surface area contributed by atoms with Gasteiger partial charge in [-0.25, -0.2) is 14.4 Å². The third-order valence-electron chi connectivity index (χ3n) is 7.06. The Balaban J connectivity index is 1.19. The minimum absolute atomic E-state index is 0.274. The molecule has 0 spiro atoms. The van der Waals surface area contributed by atoms with Crippen molar-refractivity contribution in [3.63, 3.8) is 0 Å². The summed E-state index contributed by atoms with van der Waals surface area (Å²) in [5, 5.41) is 12.3. The van der Waals surface area contributed by atoms with Gasteiger partial charge in [0, 0.05) is 62.4 Å². The first-order chi connectivity index (χ1) is 18.7. The average molecular weight is 520 g/mol. The van der Waals surface area contributed by atoms with Crippen LogP contribution in [0.15, 0.2) is 48.8 Å². The number of aromatic nitrogens is 5. The summed E-state index contributed by atoms with van der Waals surface area (Å²) in [5.74, 6) is 1.59. The summed E-state index contributed by atoms with van der Waals surface area (Å²) in [5.41, 5.74) is 2.97. The number of ether oxygens (including phenoxy) is 3. The molecule has 2 saturated heterocycles. The van der Waals surface area contributed by atoms with E-state index in [1.807, 2.05) is 28.8 Å². The van der Waals surface area contributed by atoms with Crippen LogP contribution in [-0.2, 0) is 16.0 Å². The molecule has 5 heterocycles. The van der Waals surface area contributed by atoms with Crippen molar-refractivity contribution in [1.82, 2.24) is 29.5 Å². The van der Waals surface area contributed by atoms with Crippen LogP contribution in [0.5, 0.6) is 5.75 Å². The molecule has 2 fully saturated rings. The molecule has 10 nitrogen and oxygen atoms in total. The molecule has 38 heavy (non-hydrogen) atoms. The molecule has 0 aliphatic carbocycles. The van der Waals surface area contributed by atoms with Gasteiger partial charge in [0.2, 0.25) is 5.95 Å². The van der Waals surface area contributed by atoms with Crippen LogP contribution in [-0.4, -0.2) is 75.5 Å². The summed E-state index contributed by atoms with van der Waals surface area (Å²) in [6.45, 7) is 3.69. The summed E-state index contributed by atoms with van der Waals surface area (Å²) < 4.78 is 33.3. The Morgan fingerprint density at radius 2 is 2.03 bits per heavy atom. The van der Waals surface area contributed by atoms with Crippen LogP contribution in [0.2, 0.25) is 0 Å². The van der Waals surface area contributed by atoms with Gasteiger partial charge in [0.05, 0.1) is 19.4 Å². The maximum absolute atomic E-state index is 14.5. The predicted octanol–water partition coefficient (Wildman–Crippen LogP) is 3.50. The number of methoxy groups -OCH3 is 1. The van der Waals surface area contributed by atoms with Crippen molar-refractivity contribution in [2.75, 3.05) is 45.3 Å². The zero-order valence-corrected chi connectivity index (χ0v) is 21.2. The van der Waals surface area contributed by atoms with Crippen molar-refractivity contribution in [2.24, 2.45) is 0 Å². The van der Waals surface area contributed by atoms with E-state index < -0.39 is 0 Å². The summed E-state index contributed by atoms with van der Waals surface area (Å²) in [6, 6.07) is 11.0. The molecule has 11 heteroatoms. The number of benzene rings is 1. The van der Waals surface area contributed by atoms with Crippen LogP contribution in [0.25, 0.3) is 16.9 Å². The second-order valence-corrected chi connectivity index (χ2v) is 9.51. The summed E-state index contributed by atoms with van der Waals surface area (Å²) in [7, 11) is 1.56. The molecule has 6 rings (SSSR count). The molecule has 1 atom stereocenters. The van der Waals surface area contributed by atoms with Gasteiger partial charge in [-0.2, -0.15) is 0 Å². The number of hydrogen-bond acceptors (Lipinski definition) is 9. The fourth-order valence-electron chi connectivity index (χ4n) is 5.01. The molecule has 4 aromatic rings. The molecule has 0 saturated carbocycles. The van der Waals surface area contributed by atoms with E-state index in [1.54, 1.807) is 25.4 Å². The molecule has 0 bridgehead atoms. The second kappa shape index (κ2) is 11.0. The number of halogens is 1. The Bertz CT molecular complexity index is 1410. The Kier molecular flexibility index (Phi) is 7.12. The maximum Gasteiger partial charge on any atom is 0.223 e. The van der Waals surface area contributed by atoms with E-state index >= 15 is 0 Å².